The van der Waals surface area contributed by atoms with Crippen LogP contribution in [0.1, 0.15) is 36.0 Å². The van der Waals surface area contributed by atoms with Gasteiger partial charge in [0.05, 0.1) is 12.0 Å². The number of hydrogen-bond acceptors (Lipinski definition) is 1. The Morgan fingerprint density at radius 3 is 2.45 bits per heavy atom. The summed E-state index contributed by atoms with van der Waals surface area (Å²) in [5, 5.41) is 9.38. The molecule has 0 fully saturated rings. The molecule has 2 aromatic rings. The van der Waals surface area contributed by atoms with Crippen molar-refractivity contribution in [3.8, 4) is 6.07 Å². The summed E-state index contributed by atoms with van der Waals surface area (Å²) in [6.07, 6.45) is 3.03. The van der Waals surface area contributed by atoms with E-state index in [0.717, 1.165) is 6.42 Å². The molecule has 1 aliphatic carbocycles. The van der Waals surface area contributed by atoms with Gasteiger partial charge in [-0.15, -0.1) is 0 Å². The van der Waals surface area contributed by atoms with Gasteiger partial charge >= 0.3 is 0 Å². The maximum absolute atomic E-state index is 9.38. The zero-order valence-corrected chi connectivity index (χ0v) is 11.6. The van der Waals surface area contributed by atoms with Crippen molar-refractivity contribution in [2.24, 2.45) is 5.92 Å². The molecule has 1 aliphatic rings. The maximum Gasteiger partial charge on any atom is 0.0698 e. The number of nitrogens with zero attached hydrogens (tertiary/aromatic N) is 1. The molecule has 0 amide bonds. The Morgan fingerprint density at radius 2 is 1.70 bits per heavy atom. The highest BCUT2D eigenvalue weighted by Crippen LogP contribution is 2.37. The lowest BCUT2D eigenvalue weighted by atomic mass is 9.89. The molecule has 98 valence electrons. The van der Waals surface area contributed by atoms with Crippen LogP contribution in [0.4, 0.5) is 0 Å². The van der Waals surface area contributed by atoms with Crippen molar-refractivity contribution in [1.29, 1.82) is 5.26 Å². The number of benzene rings is 2. The van der Waals surface area contributed by atoms with E-state index >= 15 is 0 Å². The van der Waals surface area contributed by atoms with Crippen LogP contribution in [-0.2, 0) is 0 Å². The quantitative estimate of drug-likeness (QED) is 0.724. The second-order valence-corrected chi connectivity index (χ2v) is 5.41. The minimum absolute atomic E-state index is 0.0207. The van der Waals surface area contributed by atoms with Crippen molar-refractivity contribution in [1.82, 2.24) is 0 Å². The third-order valence-corrected chi connectivity index (χ3v) is 4.01. The Kier molecular flexibility index (Phi) is 3.39. The van der Waals surface area contributed by atoms with Gasteiger partial charge in [-0.2, -0.15) is 5.26 Å². The van der Waals surface area contributed by atoms with Gasteiger partial charge in [0.1, 0.15) is 0 Å². The van der Waals surface area contributed by atoms with Gasteiger partial charge < -0.3 is 0 Å². The summed E-state index contributed by atoms with van der Waals surface area (Å²) in [6, 6.07) is 21.3. The average Bonchev–Trinajstić information content (AvgIpc) is 2.65. The molecule has 0 spiro atoms. The van der Waals surface area contributed by atoms with Crippen LogP contribution in [0, 0.1) is 17.2 Å². The third-order valence-electron chi connectivity index (χ3n) is 4.01. The van der Waals surface area contributed by atoms with Crippen molar-refractivity contribution in [3.05, 3.63) is 77.4 Å². The van der Waals surface area contributed by atoms with E-state index in [1.54, 1.807) is 0 Å². The van der Waals surface area contributed by atoms with Gasteiger partial charge in [-0.25, -0.2) is 0 Å². The highest BCUT2D eigenvalue weighted by molar-refractivity contribution is 5.82. The van der Waals surface area contributed by atoms with Crippen molar-refractivity contribution in [2.45, 2.75) is 19.3 Å². The number of rotatable bonds is 1. The third kappa shape index (κ3) is 2.26. The molecule has 0 heterocycles. The lowest BCUT2D eigenvalue weighted by molar-refractivity contribution is 0.622. The summed E-state index contributed by atoms with van der Waals surface area (Å²) in [6.45, 7) is 2.21. The molecular formula is C19H17N. The molecule has 0 saturated carbocycles. The Bertz CT molecular complexity index is 676. The number of allylic oxidation sites excluding steroid dienone is 1. The van der Waals surface area contributed by atoms with Crippen LogP contribution in [0.3, 0.4) is 0 Å². The van der Waals surface area contributed by atoms with Crippen LogP contribution >= 0.6 is 0 Å². The van der Waals surface area contributed by atoms with Crippen LogP contribution in [0.2, 0.25) is 0 Å². The topological polar surface area (TPSA) is 23.8 Å². The smallest absolute Gasteiger partial charge is 0.0698 e. The SMILES string of the molecule is CC1CC(C#N)C=C(c2ccccc2)c2ccccc21. The molecule has 3 rings (SSSR count). The first-order chi connectivity index (χ1) is 9.79. The van der Waals surface area contributed by atoms with Gasteiger partial charge in [0.2, 0.25) is 0 Å². The molecule has 2 unspecified atom stereocenters. The Labute approximate surface area is 120 Å². The van der Waals surface area contributed by atoms with Crippen LogP contribution in [0.25, 0.3) is 5.57 Å². The second-order valence-electron chi connectivity index (χ2n) is 5.41. The lowest BCUT2D eigenvalue weighted by Gasteiger charge is -2.15. The Hall–Kier alpha value is -2.33. The predicted octanol–water partition coefficient (Wildman–Crippen LogP) is 4.77. The summed E-state index contributed by atoms with van der Waals surface area (Å²) in [5.74, 6) is 0.390. The monoisotopic (exact) mass is 259 g/mol. The zero-order valence-electron chi connectivity index (χ0n) is 11.6. The molecular weight excluding hydrogens is 242 g/mol. The van der Waals surface area contributed by atoms with E-state index < -0.39 is 0 Å². The first-order valence-electron chi connectivity index (χ1n) is 7.05. The molecule has 0 N–H and O–H groups in total. The van der Waals surface area contributed by atoms with Crippen LogP contribution < -0.4 is 0 Å². The number of hydrogen-bond donors (Lipinski definition) is 0. The van der Waals surface area contributed by atoms with Gasteiger partial charge in [-0.05, 0) is 34.6 Å². The zero-order chi connectivity index (χ0) is 13.9. The predicted molar refractivity (Wildman–Crippen MR) is 82.1 cm³/mol. The number of nitriles is 1. The van der Waals surface area contributed by atoms with E-state index in [2.05, 4.69) is 67.6 Å². The molecule has 2 atom stereocenters. The van der Waals surface area contributed by atoms with Gasteiger partial charge in [-0.1, -0.05) is 67.6 Å². The molecule has 0 aromatic heterocycles. The maximum atomic E-state index is 9.38. The summed E-state index contributed by atoms with van der Waals surface area (Å²) < 4.78 is 0. The molecule has 1 nitrogen and oxygen atoms in total. The van der Waals surface area contributed by atoms with E-state index in [4.69, 9.17) is 0 Å². The standard InChI is InChI=1S/C19H17N/c1-14-11-15(13-20)12-19(16-7-3-2-4-8-16)18-10-6-5-9-17(14)18/h2-10,12,14-15H,11H2,1H3. The van der Waals surface area contributed by atoms with Crippen molar-refractivity contribution in [3.63, 3.8) is 0 Å². The van der Waals surface area contributed by atoms with Crippen molar-refractivity contribution in [2.75, 3.05) is 0 Å². The Balaban J connectivity index is 2.21. The fraction of sp³-hybridized carbons (Fsp3) is 0.211. The largest absolute Gasteiger partial charge is 0.198 e. The van der Waals surface area contributed by atoms with Gasteiger partial charge in [0.25, 0.3) is 0 Å². The Morgan fingerprint density at radius 1 is 1.00 bits per heavy atom. The van der Waals surface area contributed by atoms with E-state index in [1.165, 1.54) is 22.3 Å². The van der Waals surface area contributed by atoms with E-state index in [9.17, 15) is 5.26 Å². The van der Waals surface area contributed by atoms with Gasteiger partial charge in [0, 0.05) is 0 Å². The minimum atomic E-state index is -0.0207. The molecule has 0 aliphatic heterocycles. The average molecular weight is 259 g/mol. The van der Waals surface area contributed by atoms with Gasteiger partial charge in [0.15, 0.2) is 0 Å². The molecule has 0 radical (unpaired) electrons. The molecule has 0 saturated heterocycles. The fourth-order valence-electron chi connectivity index (χ4n) is 3.00. The van der Waals surface area contributed by atoms with Crippen LogP contribution in [0.5, 0.6) is 0 Å². The first-order valence-corrected chi connectivity index (χ1v) is 7.05. The molecule has 2 aromatic carbocycles. The fourth-order valence-corrected chi connectivity index (χ4v) is 3.00. The summed E-state index contributed by atoms with van der Waals surface area (Å²) in [5.41, 5.74) is 5.00. The van der Waals surface area contributed by atoms with Crippen molar-refractivity contribution >= 4 is 5.57 Å². The highest BCUT2D eigenvalue weighted by atomic mass is 14.3. The number of fused-ring (bicyclic) bond motifs is 1. The van der Waals surface area contributed by atoms with Gasteiger partial charge in [-0.3, -0.25) is 0 Å². The molecule has 0 bridgehead atoms. The van der Waals surface area contributed by atoms with Crippen LogP contribution in [0.15, 0.2) is 60.7 Å². The molecule has 20 heavy (non-hydrogen) atoms. The van der Waals surface area contributed by atoms with E-state index in [-0.39, 0.29) is 5.92 Å². The van der Waals surface area contributed by atoms with Crippen LogP contribution in [-0.4, -0.2) is 0 Å². The second kappa shape index (κ2) is 5.35. The first kappa shape index (κ1) is 12.7. The molecule has 1 heteroatoms. The normalized spacial score (nSPS) is 21.3. The highest BCUT2D eigenvalue weighted by Gasteiger charge is 2.22. The summed E-state index contributed by atoms with van der Waals surface area (Å²) >= 11 is 0. The minimum Gasteiger partial charge on any atom is -0.198 e. The summed E-state index contributed by atoms with van der Waals surface area (Å²) in [7, 11) is 0. The lowest BCUT2D eigenvalue weighted by Crippen LogP contribution is -1.99. The summed E-state index contributed by atoms with van der Waals surface area (Å²) in [4.78, 5) is 0. The van der Waals surface area contributed by atoms with Crippen molar-refractivity contribution < 1.29 is 0 Å². The van der Waals surface area contributed by atoms with E-state index in [0.29, 0.717) is 5.92 Å². The van der Waals surface area contributed by atoms with E-state index in [1.807, 2.05) is 6.07 Å².